The Balaban J connectivity index is 1.74. The molecule has 7 heteroatoms. The van der Waals surface area contributed by atoms with Crippen LogP contribution in [0.1, 0.15) is 39.5 Å². The Labute approximate surface area is 170 Å². The van der Waals surface area contributed by atoms with E-state index in [0.717, 1.165) is 45.8 Å². The Bertz CT molecular complexity index is 935. The van der Waals surface area contributed by atoms with Gasteiger partial charge in [-0.2, -0.15) is 5.10 Å². The summed E-state index contributed by atoms with van der Waals surface area (Å²) in [6.07, 6.45) is 0. The lowest BCUT2D eigenvalue weighted by atomic mass is 10.2. The highest BCUT2D eigenvalue weighted by Crippen LogP contribution is 2.19. The number of benzene rings is 1. The first-order chi connectivity index (χ1) is 13.5. The van der Waals surface area contributed by atoms with E-state index in [1.54, 1.807) is 11.3 Å². The van der Waals surface area contributed by atoms with Gasteiger partial charge in [0.05, 0.1) is 30.2 Å². The van der Waals surface area contributed by atoms with Crippen molar-refractivity contribution in [3.63, 3.8) is 0 Å². The molecule has 0 radical (unpaired) electrons. The van der Waals surface area contributed by atoms with Crippen molar-refractivity contribution >= 4 is 17.3 Å². The average molecular weight is 397 g/mol. The van der Waals surface area contributed by atoms with Crippen molar-refractivity contribution in [3.05, 3.63) is 62.9 Å². The molecule has 28 heavy (non-hydrogen) atoms. The zero-order valence-electron chi connectivity index (χ0n) is 17.2. The number of nitrogens with one attached hydrogen (secondary N) is 2. The first-order valence-electron chi connectivity index (χ1n) is 9.55. The van der Waals surface area contributed by atoms with Crippen molar-refractivity contribution in [2.75, 3.05) is 6.54 Å². The van der Waals surface area contributed by atoms with Gasteiger partial charge < -0.3 is 10.6 Å². The number of hydrogen-bond acceptors (Lipinski definition) is 4. The molecule has 0 saturated heterocycles. The molecule has 0 unspecified atom stereocenters. The molecule has 1 aromatic carbocycles. The van der Waals surface area contributed by atoms with Gasteiger partial charge in [-0.15, -0.1) is 11.3 Å². The van der Waals surface area contributed by atoms with Crippen LogP contribution >= 0.6 is 11.3 Å². The molecule has 0 fully saturated rings. The van der Waals surface area contributed by atoms with Gasteiger partial charge >= 0.3 is 0 Å². The van der Waals surface area contributed by atoms with E-state index in [1.807, 2.05) is 36.7 Å². The minimum absolute atomic E-state index is 0.579. The van der Waals surface area contributed by atoms with Crippen molar-refractivity contribution in [1.82, 2.24) is 25.4 Å². The molecule has 148 valence electrons. The summed E-state index contributed by atoms with van der Waals surface area (Å²) in [5.41, 5.74) is 5.45. The van der Waals surface area contributed by atoms with Crippen molar-refractivity contribution in [2.45, 2.75) is 47.7 Å². The van der Waals surface area contributed by atoms with E-state index in [4.69, 9.17) is 10.1 Å². The number of guanidine groups is 1. The number of hydrogen-bond donors (Lipinski definition) is 2. The fraction of sp³-hybridized carbons (Fsp3) is 0.381. The zero-order valence-corrected chi connectivity index (χ0v) is 18.0. The second kappa shape index (κ2) is 9.01. The van der Waals surface area contributed by atoms with Crippen molar-refractivity contribution in [3.8, 4) is 5.69 Å². The molecule has 3 rings (SSSR count). The van der Waals surface area contributed by atoms with Crippen LogP contribution in [-0.4, -0.2) is 27.3 Å². The molecule has 3 aromatic rings. The monoisotopic (exact) mass is 396 g/mol. The van der Waals surface area contributed by atoms with E-state index in [2.05, 4.69) is 48.5 Å². The molecule has 6 nitrogen and oxygen atoms in total. The first-order valence-corrected chi connectivity index (χ1v) is 10.4. The van der Waals surface area contributed by atoms with Gasteiger partial charge in [-0.05, 0) is 46.8 Å². The zero-order chi connectivity index (χ0) is 20.1. The molecule has 0 aliphatic rings. The summed E-state index contributed by atoms with van der Waals surface area (Å²) in [7, 11) is 0. The van der Waals surface area contributed by atoms with Gasteiger partial charge in [0.25, 0.3) is 0 Å². The summed E-state index contributed by atoms with van der Waals surface area (Å²) in [5, 5.41) is 12.5. The molecule has 2 N–H and O–H groups in total. The van der Waals surface area contributed by atoms with E-state index in [-0.39, 0.29) is 0 Å². The summed E-state index contributed by atoms with van der Waals surface area (Å²) in [5.74, 6) is 0.791. The quantitative estimate of drug-likeness (QED) is 0.491. The van der Waals surface area contributed by atoms with Gasteiger partial charge in [-0.3, -0.25) is 0 Å². The van der Waals surface area contributed by atoms with Crippen LogP contribution in [0.25, 0.3) is 5.69 Å². The van der Waals surface area contributed by atoms with Crippen LogP contribution < -0.4 is 10.6 Å². The largest absolute Gasteiger partial charge is 0.357 e. The number of aromatic nitrogens is 3. The van der Waals surface area contributed by atoms with Gasteiger partial charge in [-0.25, -0.2) is 14.7 Å². The molecule has 0 aliphatic carbocycles. The molecule has 2 aromatic heterocycles. The predicted molar refractivity (Wildman–Crippen MR) is 116 cm³/mol. The second-order valence-corrected chi connectivity index (χ2v) is 7.98. The van der Waals surface area contributed by atoms with E-state index in [1.165, 1.54) is 4.88 Å². The van der Waals surface area contributed by atoms with Gasteiger partial charge in [0.15, 0.2) is 5.96 Å². The number of aliphatic imine (C=N–C) groups is 1. The maximum Gasteiger partial charge on any atom is 0.191 e. The van der Waals surface area contributed by atoms with Crippen LogP contribution in [0.4, 0.5) is 0 Å². The van der Waals surface area contributed by atoms with Crippen LogP contribution in [0, 0.1) is 27.7 Å². The molecule has 0 bridgehead atoms. The maximum absolute atomic E-state index is 4.77. The third-order valence-electron chi connectivity index (χ3n) is 4.66. The summed E-state index contributed by atoms with van der Waals surface area (Å²) < 4.78 is 1.99. The summed E-state index contributed by atoms with van der Waals surface area (Å²) in [6.45, 7) is 12.4. The Morgan fingerprint density at radius 2 is 1.82 bits per heavy atom. The van der Waals surface area contributed by atoms with Crippen LogP contribution in [0.2, 0.25) is 0 Å². The van der Waals surface area contributed by atoms with Crippen LogP contribution in [0.15, 0.2) is 35.3 Å². The van der Waals surface area contributed by atoms with Crippen molar-refractivity contribution in [2.24, 2.45) is 4.99 Å². The molecular weight excluding hydrogens is 368 g/mol. The topological polar surface area (TPSA) is 67.1 Å². The highest BCUT2D eigenvalue weighted by Gasteiger charge is 2.13. The lowest BCUT2D eigenvalue weighted by Gasteiger charge is -2.10. The SMILES string of the molecule is CCNC(=NCc1c(C)nn(-c2ccccc2)c1C)NCc1nc(C)c(C)s1. The van der Waals surface area contributed by atoms with E-state index < -0.39 is 0 Å². The fourth-order valence-corrected chi connectivity index (χ4v) is 3.87. The van der Waals surface area contributed by atoms with Crippen LogP contribution in [-0.2, 0) is 13.1 Å². The lowest BCUT2D eigenvalue weighted by Crippen LogP contribution is -2.36. The minimum Gasteiger partial charge on any atom is -0.357 e. The van der Waals surface area contributed by atoms with Crippen LogP contribution in [0.5, 0.6) is 0 Å². The Morgan fingerprint density at radius 3 is 2.46 bits per heavy atom. The van der Waals surface area contributed by atoms with E-state index >= 15 is 0 Å². The first kappa shape index (κ1) is 20.1. The molecule has 2 heterocycles. The summed E-state index contributed by atoms with van der Waals surface area (Å²) in [4.78, 5) is 10.6. The highest BCUT2D eigenvalue weighted by atomic mass is 32.1. The molecule has 0 amide bonds. The normalized spacial score (nSPS) is 11.7. The minimum atomic E-state index is 0.579. The third-order valence-corrected chi connectivity index (χ3v) is 5.73. The summed E-state index contributed by atoms with van der Waals surface area (Å²) >= 11 is 1.73. The molecule has 0 saturated carbocycles. The van der Waals surface area contributed by atoms with Crippen molar-refractivity contribution < 1.29 is 0 Å². The highest BCUT2D eigenvalue weighted by molar-refractivity contribution is 7.11. The number of aryl methyl sites for hydroxylation is 3. The molecule has 0 spiro atoms. The molecular formula is C21H28N6S. The fourth-order valence-electron chi connectivity index (χ4n) is 3.00. The molecule has 0 aliphatic heterocycles. The smallest absolute Gasteiger partial charge is 0.191 e. The van der Waals surface area contributed by atoms with E-state index in [9.17, 15) is 0 Å². The maximum atomic E-state index is 4.77. The van der Waals surface area contributed by atoms with Crippen molar-refractivity contribution in [1.29, 1.82) is 0 Å². The Morgan fingerprint density at radius 1 is 1.07 bits per heavy atom. The third kappa shape index (κ3) is 4.59. The number of nitrogens with zero attached hydrogens (tertiary/aromatic N) is 4. The standard InChI is InChI=1S/C21H28N6S/c1-6-22-21(24-13-20-25-14(2)17(5)28-20)23-12-19-15(3)26-27(16(19)4)18-10-8-7-9-11-18/h7-11H,6,12-13H2,1-5H3,(H2,22,23,24). The van der Waals surface area contributed by atoms with Gasteiger partial charge in [0, 0.05) is 22.7 Å². The van der Waals surface area contributed by atoms with Gasteiger partial charge in [0.1, 0.15) is 5.01 Å². The number of thiazole rings is 1. The van der Waals surface area contributed by atoms with Gasteiger partial charge in [0.2, 0.25) is 0 Å². The Kier molecular flexibility index (Phi) is 6.46. The average Bonchev–Trinajstić information content (AvgIpc) is 3.16. The van der Waals surface area contributed by atoms with Crippen LogP contribution in [0.3, 0.4) is 0 Å². The lowest BCUT2D eigenvalue weighted by molar-refractivity contribution is 0.807. The second-order valence-electron chi connectivity index (χ2n) is 6.69. The summed E-state index contributed by atoms with van der Waals surface area (Å²) in [6, 6.07) is 10.2. The van der Waals surface area contributed by atoms with Gasteiger partial charge in [-0.1, -0.05) is 18.2 Å². The number of rotatable bonds is 6. The Hall–Kier alpha value is -2.67. The molecule has 0 atom stereocenters. The number of para-hydroxylation sites is 1. The van der Waals surface area contributed by atoms with E-state index in [0.29, 0.717) is 13.1 Å². The predicted octanol–water partition coefficient (Wildman–Crippen LogP) is 3.82.